The van der Waals surface area contributed by atoms with E-state index >= 15 is 0 Å². The van der Waals surface area contributed by atoms with Crippen molar-refractivity contribution in [3.63, 3.8) is 0 Å². The summed E-state index contributed by atoms with van der Waals surface area (Å²) in [7, 11) is 1.66. The number of carbonyl (C=O) groups is 1. The van der Waals surface area contributed by atoms with Crippen LogP contribution in [0.25, 0.3) is 10.1 Å². The van der Waals surface area contributed by atoms with Crippen molar-refractivity contribution < 1.29 is 9.53 Å². The fourth-order valence-electron chi connectivity index (χ4n) is 2.97. The Hall–Kier alpha value is -2.33. The lowest BCUT2D eigenvalue weighted by Gasteiger charge is -2.07. The van der Waals surface area contributed by atoms with Gasteiger partial charge in [-0.1, -0.05) is 43.7 Å². The highest BCUT2D eigenvalue weighted by atomic mass is 32.1. The van der Waals surface area contributed by atoms with Gasteiger partial charge in [-0.3, -0.25) is 4.79 Å². The van der Waals surface area contributed by atoms with Gasteiger partial charge in [-0.2, -0.15) is 0 Å². The summed E-state index contributed by atoms with van der Waals surface area (Å²) >= 11 is 1.59. The summed E-state index contributed by atoms with van der Waals surface area (Å²) in [6.07, 6.45) is 2.78. The maximum atomic E-state index is 12.7. The Morgan fingerprint density at radius 3 is 2.56 bits per heavy atom. The smallest absolute Gasteiger partial charge is 0.261 e. The van der Waals surface area contributed by atoms with Crippen LogP contribution in [0.4, 0.5) is 0 Å². The largest absolute Gasteiger partial charge is 0.497 e. The Labute approximate surface area is 152 Å². The van der Waals surface area contributed by atoms with E-state index in [9.17, 15) is 4.79 Å². The van der Waals surface area contributed by atoms with Crippen LogP contribution in [0.15, 0.2) is 48.5 Å². The molecule has 0 saturated carbocycles. The van der Waals surface area contributed by atoms with E-state index in [0.717, 1.165) is 29.9 Å². The molecule has 0 saturated heterocycles. The fraction of sp³-hybridized carbons (Fsp3) is 0.286. The summed E-state index contributed by atoms with van der Waals surface area (Å²) in [5, 5.41) is 4.29. The SMILES string of the molecule is CCCc1c(C(=O)NCCc2ccc(OC)cc2)sc2ccccc12. The van der Waals surface area contributed by atoms with Gasteiger partial charge in [-0.25, -0.2) is 0 Å². The zero-order chi connectivity index (χ0) is 17.6. The second-order valence-corrected chi connectivity index (χ2v) is 7.06. The minimum atomic E-state index is 0.0400. The molecule has 1 amide bonds. The number of ether oxygens (including phenoxy) is 1. The molecule has 0 atom stereocenters. The monoisotopic (exact) mass is 353 g/mol. The molecule has 130 valence electrons. The molecule has 4 heteroatoms. The van der Waals surface area contributed by atoms with Crippen LogP contribution in [0.5, 0.6) is 5.75 Å². The summed E-state index contributed by atoms with van der Waals surface area (Å²) in [6, 6.07) is 16.2. The van der Waals surface area contributed by atoms with Gasteiger partial charge in [-0.15, -0.1) is 11.3 Å². The molecular formula is C21H23NO2S. The molecule has 2 aromatic carbocycles. The van der Waals surface area contributed by atoms with Crippen molar-refractivity contribution in [3.05, 3.63) is 64.5 Å². The molecule has 0 radical (unpaired) electrons. The summed E-state index contributed by atoms with van der Waals surface area (Å²) in [5.41, 5.74) is 2.37. The first kappa shape index (κ1) is 17.5. The maximum Gasteiger partial charge on any atom is 0.261 e. The lowest BCUT2D eigenvalue weighted by Crippen LogP contribution is -2.25. The third-order valence-corrected chi connectivity index (χ3v) is 5.47. The van der Waals surface area contributed by atoms with Crippen molar-refractivity contribution in [3.8, 4) is 5.75 Å². The van der Waals surface area contributed by atoms with Crippen LogP contribution >= 0.6 is 11.3 Å². The topological polar surface area (TPSA) is 38.3 Å². The Morgan fingerprint density at radius 2 is 1.84 bits per heavy atom. The van der Waals surface area contributed by atoms with E-state index in [1.807, 2.05) is 36.4 Å². The van der Waals surface area contributed by atoms with Crippen LogP contribution in [-0.4, -0.2) is 19.6 Å². The molecule has 0 fully saturated rings. The second-order valence-electron chi connectivity index (χ2n) is 6.01. The summed E-state index contributed by atoms with van der Waals surface area (Å²) in [4.78, 5) is 13.5. The van der Waals surface area contributed by atoms with Gasteiger partial charge in [0.15, 0.2) is 0 Å². The normalized spacial score (nSPS) is 10.8. The average molecular weight is 353 g/mol. The van der Waals surface area contributed by atoms with Crippen LogP contribution in [0.2, 0.25) is 0 Å². The third kappa shape index (κ3) is 4.02. The Balaban J connectivity index is 1.68. The number of hydrogen-bond acceptors (Lipinski definition) is 3. The van der Waals surface area contributed by atoms with Crippen molar-refractivity contribution in [1.29, 1.82) is 0 Å². The fourth-order valence-corrected chi connectivity index (χ4v) is 4.14. The molecule has 3 rings (SSSR count). The van der Waals surface area contributed by atoms with Crippen LogP contribution in [-0.2, 0) is 12.8 Å². The van der Waals surface area contributed by atoms with E-state index in [0.29, 0.717) is 6.54 Å². The highest BCUT2D eigenvalue weighted by Crippen LogP contribution is 2.32. The molecule has 1 aromatic heterocycles. The number of rotatable bonds is 7. The molecule has 0 unspecified atom stereocenters. The average Bonchev–Trinajstić information content (AvgIpc) is 3.01. The number of methoxy groups -OCH3 is 1. The zero-order valence-electron chi connectivity index (χ0n) is 14.7. The lowest BCUT2D eigenvalue weighted by molar-refractivity contribution is 0.0957. The van der Waals surface area contributed by atoms with Crippen molar-refractivity contribution in [2.75, 3.05) is 13.7 Å². The first-order valence-electron chi connectivity index (χ1n) is 8.64. The van der Waals surface area contributed by atoms with Gasteiger partial charge in [0.1, 0.15) is 5.75 Å². The molecule has 1 N–H and O–H groups in total. The molecule has 0 aliphatic rings. The second kappa shape index (κ2) is 8.17. The molecule has 0 bridgehead atoms. The van der Waals surface area contributed by atoms with Gasteiger partial charge in [0.2, 0.25) is 0 Å². The molecule has 3 aromatic rings. The number of thiophene rings is 1. The van der Waals surface area contributed by atoms with Crippen molar-refractivity contribution in [1.82, 2.24) is 5.32 Å². The van der Waals surface area contributed by atoms with Gasteiger partial charge in [0.25, 0.3) is 5.91 Å². The highest BCUT2D eigenvalue weighted by molar-refractivity contribution is 7.21. The van der Waals surface area contributed by atoms with E-state index in [-0.39, 0.29) is 5.91 Å². The van der Waals surface area contributed by atoms with Crippen molar-refractivity contribution in [2.24, 2.45) is 0 Å². The molecule has 1 heterocycles. The van der Waals surface area contributed by atoms with Gasteiger partial charge in [0.05, 0.1) is 12.0 Å². The number of fused-ring (bicyclic) bond motifs is 1. The molecule has 3 nitrogen and oxygen atoms in total. The molecule has 0 aliphatic heterocycles. The molecular weight excluding hydrogens is 330 g/mol. The van der Waals surface area contributed by atoms with Crippen LogP contribution in [0.3, 0.4) is 0 Å². The number of carbonyl (C=O) groups excluding carboxylic acids is 1. The van der Waals surface area contributed by atoms with E-state index in [2.05, 4.69) is 24.4 Å². The minimum absolute atomic E-state index is 0.0400. The molecule has 25 heavy (non-hydrogen) atoms. The number of amides is 1. The van der Waals surface area contributed by atoms with Crippen LogP contribution in [0, 0.1) is 0 Å². The van der Waals surface area contributed by atoms with Gasteiger partial charge in [0, 0.05) is 11.2 Å². The van der Waals surface area contributed by atoms with E-state index in [1.54, 1.807) is 18.4 Å². The Bertz CT molecular complexity index is 852. The maximum absolute atomic E-state index is 12.7. The highest BCUT2D eigenvalue weighted by Gasteiger charge is 2.17. The van der Waals surface area contributed by atoms with E-state index < -0.39 is 0 Å². The lowest BCUT2D eigenvalue weighted by atomic mass is 10.1. The predicted molar refractivity (Wildman–Crippen MR) is 105 cm³/mol. The molecule has 0 spiro atoms. The number of nitrogens with one attached hydrogen (secondary N) is 1. The number of hydrogen-bond donors (Lipinski definition) is 1. The van der Waals surface area contributed by atoms with Crippen molar-refractivity contribution in [2.45, 2.75) is 26.2 Å². The van der Waals surface area contributed by atoms with E-state index in [4.69, 9.17) is 4.74 Å². The van der Waals surface area contributed by atoms with Crippen LogP contribution < -0.4 is 10.1 Å². The summed E-state index contributed by atoms with van der Waals surface area (Å²) in [5.74, 6) is 0.889. The number of aryl methyl sites for hydroxylation is 1. The van der Waals surface area contributed by atoms with Gasteiger partial charge < -0.3 is 10.1 Å². The predicted octanol–water partition coefficient (Wildman–Crippen LogP) is 4.83. The number of benzene rings is 2. The quantitative estimate of drug-likeness (QED) is 0.660. The standard InChI is InChI=1S/C21H23NO2S/c1-3-6-18-17-7-4-5-8-19(17)25-20(18)21(23)22-14-13-15-9-11-16(24-2)12-10-15/h4-5,7-12H,3,6,13-14H2,1-2H3,(H,22,23). The van der Waals surface area contributed by atoms with Crippen molar-refractivity contribution >= 4 is 27.3 Å². The first-order chi connectivity index (χ1) is 12.2. The minimum Gasteiger partial charge on any atom is -0.497 e. The Morgan fingerprint density at radius 1 is 1.08 bits per heavy atom. The van der Waals surface area contributed by atoms with E-state index in [1.165, 1.54) is 21.2 Å². The third-order valence-electron chi connectivity index (χ3n) is 4.26. The summed E-state index contributed by atoms with van der Waals surface area (Å²) < 4.78 is 6.35. The van der Waals surface area contributed by atoms with Gasteiger partial charge in [-0.05, 0) is 47.6 Å². The van der Waals surface area contributed by atoms with Gasteiger partial charge >= 0.3 is 0 Å². The Kier molecular flexibility index (Phi) is 5.71. The first-order valence-corrected chi connectivity index (χ1v) is 9.46. The molecule has 0 aliphatic carbocycles. The van der Waals surface area contributed by atoms with Crippen LogP contribution in [0.1, 0.15) is 34.1 Å². The summed E-state index contributed by atoms with van der Waals surface area (Å²) in [6.45, 7) is 2.78. The zero-order valence-corrected chi connectivity index (χ0v) is 15.5.